The van der Waals surface area contributed by atoms with Crippen LogP contribution in [0.5, 0.6) is 0 Å². The monoisotopic (exact) mass is 789 g/mol. The van der Waals surface area contributed by atoms with Crippen LogP contribution in [0.1, 0.15) is 200 Å². The molecule has 0 aromatic heterocycles. The molecule has 0 fully saturated rings. The van der Waals surface area contributed by atoms with Crippen LogP contribution < -0.4 is 0 Å². The molecule has 0 aliphatic carbocycles. The number of hydrogen-bond acceptors (Lipinski definition) is 9. The molecule has 0 rings (SSSR count). The van der Waals surface area contributed by atoms with E-state index in [0.717, 1.165) is 51.4 Å². The molecule has 0 heterocycles. The largest absolute Gasteiger partial charge is 0.472 e. The van der Waals surface area contributed by atoms with E-state index in [1.165, 1.54) is 109 Å². The van der Waals surface area contributed by atoms with Crippen molar-refractivity contribution < 1.29 is 47.8 Å². The Balaban J connectivity index is 4.26. The molecular formula is C43H81O10P. The Morgan fingerprint density at radius 2 is 0.963 bits per heavy atom. The number of ether oxygens (including phenoxy) is 2. The van der Waals surface area contributed by atoms with Gasteiger partial charge in [-0.1, -0.05) is 167 Å². The lowest BCUT2D eigenvalue weighted by molar-refractivity contribution is -0.161. The zero-order valence-corrected chi connectivity index (χ0v) is 35.3. The third-order valence-corrected chi connectivity index (χ3v) is 10.3. The number of unbranched alkanes of at least 4 members (excludes halogenated alkanes) is 23. The first-order valence-electron chi connectivity index (χ1n) is 21.8. The van der Waals surface area contributed by atoms with E-state index in [1.807, 2.05) is 0 Å². The van der Waals surface area contributed by atoms with Crippen molar-refractivity contribution in [3.8, 4) is 0 Å². The summed E-state index contributed by atoms with van der Waals surface area (Å²) in [6.07, 6.45) is 38.5. The molecule has 10 nitrogen and oxygen atoms in total. The molecule has 54 heavy (non-hydrogen) atoms. The van der Waals surface area contributed by atoms with Gasteiger partial charge in [-0.2, -0.15) is 0 Å². The Morgan fingerprint density at radius 1 is 0.556 bits per heavy atom. The molecule has 0 aromatic rings. The third kappa shape index (κ3) is 38.7. The van der Waals surface area contributed by atoms with Crippen molar-refractivity contribution in [2.45, 2.75) is 212 Å². The first-order chi connectivity index (χ1) is 26.2. The van der Waals surface area contributed by atoms with Gasteiger partial charge < -0.3 is 24.6 Å². The first kappa shape index (κ1) is 52.5. The lowest BCUT2D eigenvalue weighted by Crippen LogP contribution is -2.29. The number of aliphatic hydroxyl groups is 2. The summed E-state index contributed by atoms with van der Waals surface area (Å²) in [5, 5.41) is 18.3. The van der Waals surface area contributed by atoms with Crippen molar-refractivity contribution in [3.63, 3.8) is 0 Å². The molecular weight excluding hydrogens is 707 g/mol. The van der Waals surface area contributed by atoms with E-state index in [0.29, 0.717) is 12.8 Å². The van der Waals surface area contributed by atoms with Gasteiger partial charge in [0.15, 0.2) is 6.10 Å². The average Bonchev–Trinajstić information content (AvgIpc) is 3.16. The van der Waals surface area contributed by atoms with Gasteiger partial charge >= 0.3 is 19.8 Å². The van der Waals surface area contributed by atoms with Gasteiger partial charge in [0.05, 0.1) is 19.8 Å². The Morgan fingerprint density at radius 3 is 1.46 bits per heavy atom. The molecule has 1 unspecified atom stereocenters. The van der Waals surface area contributed by atoms with E-state index in [1.54, 1.807) is 0 Å². The molecule has 0 aliphatic heterocycles. The highest BCUT2D eigenvalue weighted by Gasteiger charge is 2.27. The Kier molecular flexibility index (Phi) is 38.5. The maximum atomic E-state index is 12.6. The SMILES string of the molecule is CCCCC/C=C/C/C=C/CCCCCCCCCCCC(=O)O[C@H](COC(=O)CCCCCCCCCCCCCC)COP(=O)(O)OC[C@@H](O)CO. The fraction of sp³-hybridized carbons (Fsp3) is 0.860. The Bertz CT molecular complexity index is 957. The molecule has 0 aliphatic rings. The predicted octanol–water partition coefficient (Wildman–Crippen LogP) is 11.4. The minimum Gasteiger partial charge on any atom is -0.462 e. The second kappa shape index (κ2) is 39.7. The van der Waals surface area contributed by atoms with E-state index in [4.69, 9.17) is 19.1 Å². The minimum absolute atomic E-state index is 0.182. The minimum atomic E-state index is -4.61. The Hall–Kier alpha value is -1.55. The van der Waals surface area contributed by atoms with Crippen LogP contribution >= 0.6 is 7.82 Å². The van der Waals surface area contributed by atoms with Crippen LogP contribution in [0.2, 0.25) is 0 Å². The van der Waals surface area contributed by atoms with Crippen LogP contribution in [0.25, 0.3) is 0 Å². The smallest absolute Gasteiger partial charge is 0.462 e. The van der Waals surface area contributed by atoms with Crippen LogP contribution in [-0.2, 0) is 32.7 Å². The molecule has 0 amide bonds. The van der Waals surface area contributed by atoms with E-state index < -0.39 is 51.8 Å². The summed E-state index contributed by atoms with van der Waals surface area (Å²) < 4.78 is 32.7. The van der Waals surface area contributed by atoms with E-state index in [2.05, 4.69) is 42.7 Å². The highest BCUT2D eigenvalue weighted by molar-refractivity contribution is 7.47. The Labute approximate surface area is 329 Å². The number of rotatable bonds is 41. The van der Waals surface area contributed by atoms with Gasteiger partial charge in [-0.25, -0.2) is 4.57 Å². The quantitative estimate of drug-likeness (QED) is 0.0236. The summed E-state index contributed by atoms with van der Waals surface area (Å²) in [6.45, 7) is 2.36. The predicted molar refractivity (Wildman–Crippen MR) is 219 cm³/mol. The molecule has 318 valence electrons. The van der Waals surface area contributed by atoms with Gasteiger partial charge in [0.1, 0.15) is 12.7 Å². The van der Waals surface area contributed by atoms with Gasteiger partial charge in [-0.3, -0.25) is 18.6 Å². The van der Waals surface area contributed by atoms with Gasteiger partial charge in [0, 0.05) is 12.8 Å². The zero-order valence-electron chi connectivity index (χ0n) is 34.4. The summed E-state index contributed by atoms with van der Waals surface area (Å²) >= 11 is 0. The van der Waals surface area contributed by atoms with Crippen molar-refractivity contribution in [1.82, 2.24) is 0 Å². The maximum Gasteiger partial charge on any atom is 0.472 e. The first-order valence-corrected chi connectivity index (χ1v) is 23.3. The second-order valence-corrected chi connectivity index (χ2v) is 16.2. The molecule has 0 radical (unpaired) electrons. The fourth-order valence-electron chi connectivity index (χ4n) is 5.96. The summed E-state index contributed by atoms with van der Waals surface area (Å²) in [7, 11) is -4.61. The summed E-state index contributed by atoms with van der Waals surface area (Å²) in [4.78, 5) is 34.9. The maximum absolute atomic E-state index is 12.6. The normalized spacial score (nSPS) is 14.1. The molecule has 11 heteroatoms. The number of allylic oxidation sites excluding steroid dienone is 4. The second-order valence-electron chi connectivity index (χ2n) is 14.7. The van der Waals surface area contributed by atoms with Crippen molar-refractivity contribution in [2.75, 3.05) is 26.4 Å². The van der Waals surface area contributed by atoms with Crippen LogP contribution in [0.4, 0.5) is 0 Å². The number of carbonyl (C=O) groups is 2. The molecule has 0 aromatic carbocycles. The van der Waals surface area contributed by atoms with Crippen LogP contribution in [0.15, 0.2) is 24.3 Å². The van der Waals surface area contributed by atoms with Crippen molar-refractivity contribution >= 4 is 19.8 Å². The van der Waals surface area contributed by atoms with Crippen LogP contribution in [0.3, 0.4) is 0 Å². The van der Waals surface area contributed by atoms with Crippen LogP contribution in [0, 0.1) is 0 Å². The van der Waals surface area contributed by atoms with E-state index >= 15 is 0 Å². The molecule has 3 N–H and O–H groups in total. The van der Waals surface area contributed by atoms with Gasteiger partial charge in [-0.15, -0.1) is 0 Å². The van der Waals surface area contributed by atoms with Crippen molar-refractivity contribution in [2.24, 2.45) is 0 Å². The summed E-state index contributed by atoms with van der Waals surface area (Å²) in [6, 6.07) is 0. The summed E-state index contributed by atoms with van der Waals surface area (Å²) in [5.74, 6) is -0.923. The van der Waals surface area contributed by atoms with Gasteiger partial charge in [0.25, 0.3) is 0 Å². The highest BCUT2D eigenvalue weighted by atomic mass is 31.2. The fourth-order valence-corrected chi connectivity index (χ4v) is 6.75. The van der Waals surface area contributed by atoms with Gasteiger partial charge in [-0.05, 0) is 44.9 Å². The number of phosphoric acid groups is 1. The molecule has 0 spiro atoms. The van der Waals surface area contributed by atoms with E-state index in [9.17, 15) is 24.2 Å². The molecule has 3 atom stereocenters. The van der Waals surface area contributed by atoms with Crippen molar-refractivity contribution in [3.05, 3.63) is 24.3 Å². The average molecular weight is 789 g/mol. The third-order valence-electron chi connectivity index (χ3n) is 9.36. The number of hydrogen-bond donors (Lipinski definition) is 3. The number of aliphatic hydroxyl groups excluding tert-OH is 2. The lowest BCUT2D eigenvalue weighted by atomic mass is 10.0. The molecule has 0 saturated carbocycles. The van der Waals surface area contributed by atoms with Crippen LogP contribution in [-0.4, -0.2) is 65.7 Å². The molecule has 0 bridgehead atoms. The van der Waals surface area contributed by atoms with Gasteiger partial charge in [0.2, 0.25) is 0 Å². The number of carbonyl (C=O) groups excluding carboxylic acids is 2. The number of phosphoric ester groups is 1. The standard InChI is InChI=1S/C43H81O10P/c1-3-5-7-9-11-13-15-17-18-19-20-21-22-23-25-27-29-31-33-35-43(47)53-41(39-52-54(48,49)51-37-40(45)36-44)38-50-42(46)34-32-30-28-26-24-16-14-12-10-8-6-4-2/h11,13,17-18,40-41,44-45H,3-10,12,14-16,19-39H2,1-2H3,(H,48,49)/b13-11+,18-17+/t40-,41+/m0/s1. The number of esters is 2. The highest BCUT2D eigenvalue weighted by Crippen LogP contribution is 2.43. The summed E-state index contributed by atoms with van der Waals surface area (Å²) in [5.41, 5.74) is 0. The van der Waals surface area contributed by atoms with E-state index in [-0.39, 0.29) is 19.4 Å². The topological polar surface area (TPSA) is 149 Å². The zero-order chi connectivity index (χ0) is 39.8. The van der Waals surface area contributed by atoms with Crippen molar-refractivity contribution in [1.29, 1.82) is 0 Å². The lowest BCUT2D eigenvalue weighted by Gasteiger charge is -2.20. The molecule has 0 saturated heterocycles.